The highest BCUT2D eigenvalue weighted by atomic mass is 16.2. The average molecular weight is 233 g/mol. The summed E-state index contributed by atoms with van der Waals surface area (Å²) in [5.41, 5.74) is 1.97. The van der Waals surface area contributed by atoms with Gasteiger partial charge in [-0.15, -0.1) is 0 Å². The number of rotatable bonds is 2. The molecule has 0 aliphatic carbocycles. The molecule has 1 fully saturated rings. The minimum Gasteiger partial charge on any atom is -0.308 e. The predicted molar refractivity (Wildman–Crippen MR) is 68.2 cm³/mol. The van der Waals surface area contributed by atoms with Crippen molar-refractivity contribution in [1.82, 2.24) is 9.88 Å². The fourth-order valence-corrected chi connectivity index (χ4v) is 1.96. The summed E-state index contributed by atoms with van der Waals surface area (Å²) >= 11 is 0. The van der Waals surface area contributed by atoms with Gasteiger partial charge in [-0.1, -0.05) is 13.8 Å². The molecule has 0 bridgehead atoms. The van der Waals surface area contributed by atoms with E-state index in [0.29, 0.717) is 12.5 Å². The molecule has 1 aromatic heterocycles. The summed E-state index contributed by atoms with van der Waals surface area (Å²) in [7, 11) is 1.97. The first kappa shape index (κ1) is 12.0. The van der Waals surface area contributed by atoms with Crippen molar-refractivity contribution in [2.24, 2.45) is 0 Å². The molecule has 2 rings (SSSR count). The number of carbonyl (C=O) groups excluding carboxylic acids is 1. The third-order valence-electron chi connectivity index (χ3n) is 3.09. The lowest BCUT2D eigenvalue weighted by Gasteiger charge is -2.31. The highest BCUT2D eigenvalue weighted by Crippen LogP contribution is 2.18. The quantitative estimate of drug-likeness (QED) is 0.776. The van der Waals surface area contributed by atoms with E-state index in [2.05, 4.69) is 18.8 Å². The molecule has 4 nitrogen and oxygen atoms in total. The molecule has 0 atom stereocenters. The van der Waals surface area contributed by atoms with Gasteiger partial charge >= 0.3 is 0 Å². The normalized spacial score (nSPS) is 17.9. The predicted octanol–water partition coefficient (Wildman–Crippen LogP) is 1.48. The van der Waals surface area contributed by atoms with Gasteiger partial charge in [-0.3, -0.25) is 14.7 Å². The molecule has 4 heteroatoms. The van der Waals surface area contributed by atoms with Crippen LogP contribution in [0.3, 0.4) is 0 Å². The van der Waals surface area contributed by atoms with Gasteiger partial charge in [0.1, 0.15) is 0 Å². The number of hydrogen-bond acceptors (Lipinski definition) is 3. The van der Waals surface area contributed by atoms with Gasteiger partial charge in [-0.05, 0) is 25.1 Å². The second-order valence-electron chi connectivity index (χ2n) is 4.88. The molecule has 17 heavy (non-hydrogen) atoms. The summed E-state index contributed by atoms with van der Waals surface area (Å²) in [5.74, 6) is 0.574. The minimum absolute atomic E-state index is 0.151. The van der Waals surface area contributed by atoms with Gasteiger partial charge in [0, 0.05) is 18.8 Å². The van der Waals surface area contributed by atoms with Crippen LogP contribution < -0.4 is 4.90 Å². The second-order valence-corrected chi connectivity index (χ2v) is 4.88. The van der Waals surface area contributed by atoms with Gasteiger partial charge < -0.3 is 4.90 Å². The van der Waals surface area contributed by atoms with Crippen LogP contribution in [0.4, 0.5) is 5.69 Å². The fourth-order valence-electron chi connectivity index (χ4n) is 1.96. The van der Waals surface area contributed by atoms with Crippen LogP contribution in [0.15, 0.2) is 18.3 Å². The van der Waals surface area contributed by atoms with Crippen molar-refractivity contribution in [3.63, 3.8) is 0 Å². The smallest absolute Gasteiger partial charge is 0.241 e. The first-order chi connectivity index (χ1) is 8.08. The lowest BCUT2D eigenvalue weighted by Crippen LogP contribution is -2.48. The summed E-state index contributed by atoms with van der Waals surface area (Å²) in [6.07, 6.45) is 1.80. The molecule has 0 aromatic carbocycles. The van der Waals surface area contributed by atoms with Gasteiger partial charge in [-0.2, -0.15) is 0 Å². The van der Waals surface area contributed by atoms with E-state index in [1.165, 1.54) is 0 Å². The van der Waals surface area contributed by atoms with Gasteiger partial charge in [0.25, 0.3) is 0 Å². The van der Waals surface area contributed by atoms with E-state index in [0.717, 1.165) is 24.5 Å². The molecule has 1 amide bonds. The topological polar surface area (TPSA) is 36.4 Å². The molecule has 1 aromatic rings. The molecule has 0 N–H and O–H groups in total. The zero-order valence-corrected chi connectivity index (χ0v) is 10.7. The highest BCUT2D eigenvalue weighted by Gasteiger charge is 2.22. The number of hydrogen-bond donors (Lipinski definition) is 0. The zero-order valence-electron chi connectivity index (χ0n) is 10.7. The average Bonchev–Trinajstić information content (AvgIpc) is 2.29. The van der Waals surface area contributed by atoms with Crippen LogP contribution >= 0.6 is 0 Å². The maximum absolute atomic E-state index is 11.9. The number of likely N-dealkylation sites (N-methyl/N-ethyl adjacent to an activating group) is 1. The number of nitrogens with zero attached hydrogens (tertiary/aromatic N) is 3. The number of piperazine rings is 1. The third kappa shape index (κ3) is 2.64. The minimum atomic E-state index is 0.151. The number of amides is 1. The van der Waals surface area contributed by atoms with Crippen molar-refractivity contribution < 1.29 is 4.79 Å². The van der Waals surface area contributed by atoms with Gasteiger partial charge in [0.2, 0.25) is 5.91 Å². The van der Waals surface area contributed by atoms with Crippen LogP contribution in [0.5, 0.6) is 0 Å². The number of anilines is 1. The molecule has 0 radical (unpaired) electrons. The Morgan fingerprint density at radius 2 is 2.06 bits per heavy atom. The van der Waals surface area contributed by atoms with Crippen molar-refractivity contribution in [3.05, 3.63) is 24.0 Å². The Morgan fingerprint density at radius 3 is 2.59 bits per heavy atom. The first-order valence-electron chi connectivity index (χ1n) is 6.03. The van der Waals surface area contributed by atoms with Crippen LogP contribution in [0.25, 0.3) is 0 Å². The van der Waals surface area contributed by atoms with Crippen LogP contribution in [-0.2, 0) is 4.79 Å². The largest absolute Gasteiger partial charge is 0.308 e. The van der Waals surface area contributed by atoms with E-state index in [1.54, 1.807) is 6.20 Å². The lowest BCUT2D eigenvalue weighted by molar-refractivity contribution is -0.120. The highest BCUT2D eigenvalue weighted by molar-refractivity contribution is 5.95. The first-order valence-corrected chi connectivity index (χ1v) is 6.03. The van der Waals surface area contributed by atoms with Gasteiger partial charge in [-0.25, -0.2) is 0 Å². The van der Waals surface area contributed by atoms with E-state index in [1.807, 2.05) is 29.0 Å². The molecule has 1 saturated heterocycles. The SMILES string of the molecule is CC(C)c1ccc(N2CCN(C)CC2=O)cn1. The van der Waals surface area contributed by atoms with Crippen LogP contribution in [0.1, 0.15) is 25.5 Å². The van der Waals surface area contributed by atoms with Crippen molar-refractivity contribution >= 4 is 11.6 Å². The fraction of sp³-hybridized carbons (Fsp3) is 0.538. The van der Waals surface area contributed by atoms with E-state index < -0.39 is 0 Å². The molecule has 0 saturated carbocycles. The van der Waals surface area contributed by atoms with E-state index in [4.69, 9.17) is 0 Å². The van der Waals surface area contributed by atoms with E-state index in [-0.39, 0.29) is 5.91 Å². The van der Waals surface area contributed by atoms with Crippen molar-refractivity contribution in [2.45, 2.75) is 19.8 Å². The summed E-state index contributed by atoms with van der Waals surface area (Å²) in [6, 6.07) is 4.00. The maximum atomic E-state index is 11.9. The zero-order chi connectivity index (χ0) is 12.4. The number of carbonyl (C=O) groups is 1. The standard InChI is InChI=1S/C13H19N3O/c1-10(2)12-5-4-11(8-14-12)16-7-6-15(3)9-13(16)17/h4-5,8,10H,6-7,9H2,1-3H3. The van der Waals surface area contributed by atoms with Crippen molar-refractivity contribution in [1.29, 1.82) is 0 Å². The molecular formula is C13H19N3O. The Morgan fingerprint density at radius 1 is 1.29 bits per heavy atom. The Kier molecular flexibility index (Phi) is 3.43. The summed E-state index contributed by atoms with van der Waals surface area (Å²) in [6.45, 7) is 6.38. The Labute approximate surface area is 102 Å². The molecule has 92 valence electrons. The van der Waals surface area contributed by atoms with Gasteiger partial charge in [0.05, 0.1) is 18.4 Å². The Balaban J connectivity index is 2.14. The molecule has 2 heterocycles. The van der Waals surface area contributed by atoms with Gasteiger partial charge in [0.15, 0.2) is 0 Å². The molecule has 1 aliphatic rings. The van der Waals surface area contributed by atoms with Crippen LogP contribution in [0.2, 0.25) is 0 Å². The van der Waals surface area contributed by atoms with Crippen molar-refractivity contribution in [3.8, 4) is 0 Å². The summed E-state index contributed by atoms with van der Waals surface area (Å²) in [5, 5.41) is 0. The number of pyridine rings is 1. The lowest BCUT2D eigenvalue weighted by atomic mass is 10.1. The second kappa shape index (κ2) is 4.84. The molecular weight excluding hydrogens is 214 g/mol. The van der Waals surface area contributed by atoms with E-state index in [9.17, 15) is 4.79 Å². The number of aromatic nitrogens is 1. The van der Waals surface area contributed by atoms with Crippen molar-refractivity contribution in [2.75, 3.05) is 31.6 Å². The third-order valence-corrected chi connectivity index (χ3v) is 3.09. The Hall–Kier alpha value is -1.42. The monoisotopic (exact) mass is 233 g/mol. The summed E-state index contributed by atoms with van der Waals surface area (Å²) < 4.78 is 0. The molecule has 1 aliphatic heterocycles. The summed E-state index contributed by atoms with van der Waals surface area (Å²) in [4.78, 5) is 20.1. The van der Waals surface area contributed by atoms with Crippen LogP contribution in [0, 0.1) is 0 Å². The molecule has 0 spiro atoms. The maximum Gasteiger partial charge on any atom is 0.241 e. The van der Waals surface area contributed by atoms with Crippen LogP contribution in [-0.4, -0.2) is 42.5 Å². The van der Waals surface area contributed by atoms with E-state index >= 15 is 0 Å². The Bertz CT molecular complexity index is 400. The molecule has 0 unspecified atom stereocenters.